The normalized spacial score (nSPS) is 50.9. The summed E-state index contributed by atoms with van der Waals surface area (Å²) >= 11 is 0. The van der Waals surface area contributed by atoms with Gasteiger partial charge in [-0.1, -0.05) is 12.8 Å². The number of nitrogens with zero attached hydrogens (tertiary/aromatic N) is 1. The summed E-state index contributed by atoms with van der Waals surface area (Å²) in [5.41, 5.74) is 0. The summed E-state index contributed by atoms with van der Waals surface area (Å²) in [5, 5.41) is 9.62. The molecule has 0 aromatic carbocycles. The van der Waals surface area contributed by atoms with Gasteiger partial charge in [-0.2, -0.15) is 0 Å². The van der Waals surface area contributed by atoms with Gasteiger partial charge in [-0.15, -0.1) is 0 Å². The van der Waals surface area contributed by atoms with E-state index in [1.54, 1.807) is 0 Å². The molecule has 4 fully saturated rings. The second kappa shape index (κ2) is 3.96. The molecule has 4 aliphatic rings. The molecule has 3 nitrogen and oxygen atoms in total. The van der Waals surface area contributed by atoms with Crippen molar-refractivity contribution in [2.45, 2.75) is 57.0 Å². The summed E-state index contributed by atoms with van der Waals surface area (Å²) in [6, 6.07) is 0.456. The SMILES string of the molecule is O=C(O)C1C2CCCC2CN1C1CC2CCC1C2. The van der Waals surface area contributed by atoms with Crippen molar-refractivity contribution in [3.05, 3.63) is 0 Å². The summed E-state index contributed by atoms with van der Waals surface area (Å²) in [6.45, 7) is 1.08. The van der Waals surface area contributed by atoms with Gasteiger partial charge in [0.05, 0.1) is 0 Å². The van der Waals surface area contributed by atoms with Crippen LogP contribution in [0, 0.1) is 23.7 Å². The minimum absolute atomic E-state index is 0.151. The van der Waals surface area contributed by atoms with Crippen LogP contribution < -0.4 is 0 Å². The van der Waals surface area contributed by atoms with Gasteiger partial charge in [-0.05, 0) is 55.8 Å². The summed E-state index contributed by atoms with van der Waals surface area (Å²) < 4.78 is 0. The van der Waals surface area contributed by atoms with Crippen LogP contribution in [0.1, 0.15) is 44.9 Å². The van der Waals surface area contributed by atoms with E-state index < -0.39 is 5.97 Å². The van der Waals surface area contributed by atoms with Crippen LogP contribution in [0.25, 0.3) is 0 Å². The first kappa shape index (κ1) is 11.3. The highest BCUT2D eigenvalue weighted by atomic mass is 16.4. The first-order valence-corrected chi connectivity index (χ1v) is 7.72. The average Bonchev–Trinajstić information content (AvgIpc) is 3.07. The molecule has 1 heterocycles. The van der Waals surface area contributed by atoms with Crippen molar-refractivity contribution in [2.75, 3.05) is 6.54 Å². The molecular weight excluding hydrogens is 226 g/mol. The molecule has 1 saturated heterocycles. The van der Waals surface area contributed by atoms with Crippen molar-refractivity contribution in [3.8, 4) is 0 Å². The van der Waals surface area contributed by atoms with Crippen molar-refractivity contribution < 1.29 is 9.90 Å². The molecule has 0 aromatic heterocycles. The Kier molecular flexibility index (Phi) is 2.48. The molecule has 1 aliphatic heterocycles. The summed E-state index contributed by atoms with van der Waals surface area (Å²) in [7, 11) is 0. The lowest BCUT2D eigenvalue weighted by atomic mass is 9.91. The van der Waals surface area contributed by atoms with Gasteiger partial charge in [-0.25, -0.2) is 0 Å². The van der Waals surface area contributed by atoms with Crippen LogP contribution in [0.15, 0.2) is 0 Å². The molecule has 0 radical (unpaired) electrons. The fraction of sp³-hybridized carbons (Fsp3) is 0.933. The fourth-order valence-electron chi connectivity index (χ4n) is 5.62. The Morgan fingerprint density at radius 1 is 1.06 bits per heavy atom. The zero-order valence-corrected chi connectivity index (χ0v) is 10.9. The third-order valence-corrected chi connectivity index (χ3v) is 6.31. The third-order valence-electron chi connectivity index (χ3n) is 6.31. The molecule has 0 aromatic rings. The Balaban J connectivity index is 1.58. The molecule has 0 amide bonds. The smallest absolute Gasteiger partial charge is 0.321 e. The largest absolute Gasteiger partial charge is 0.480 e. The van der Waals surface area contributed by atoms with Gasteiger partial charge in [0.25, 0.3) is 0 Å². The Morgan fingerprint density at radius 3 is 2.61 bits per heavy atom. The average molecular weight is 249 g/mol. The number of hydrogen-bond acceptors (Lipinski definition) is 2. The predicted molar refractivity (Wildman–Crippen MR) is 68.2 cm³/mol. The van der Waals surface area contributed by atoms with Crippen LogP contribution in [-0.4, -0.2) is 34.6 Å². The van der Waals surface area contributed by atoms with E-state index in [0.717, 1.165) is 24.8 Å². The monoisotopic (exact) mass is 249 g/mol. The van der Waals surface area contributed by atoms with E-state index in [1.165, 1.54) is 38.5 Å². The molecule has 6 atom stereocenters. The van der Waals surface area contributed by atoms with Crippen LogP contribution in [0.5, 0.6) is 0 Å². The molecule has 3 aliphatic carbocycles. The number of hydrogen-bond donors (Lipinski definition) is 1. The van der Waals surface area contributed by atoms with Crippen molar-refractivity contribution in [2.24, 2.45) is 23.7 Å². The Labute approximate surface area is 109 Å². The van der Waals surface area contributed by atoms with E-state index in [9.17, 15) is 9.90 Å². The summed E-state index contributed by atoms with van der Waals surface area (Å²) in [5.74, 6) is 2.32. The van der Waals surface area contributed by atoms with E-state index in [0.29, 0.717) is 17.9 Å². The number of carboxylic acid groups (broad SMARTS) is 1. The lowest BCUT2D eigenvalue weighted by Crippen LogP contribution is -2.47. The molecule has 3 heteroatoms. The van der Waals surface area contributed by atoms with E-state index in [-0.39, 0.29) is 6.04 Å². The maximum Gasteiger partial charge on any atom is 0.321 e. The van der Waals surface area contributed by atoms with Gasteiger partial charge in [0.2, 0.25) is 0 Å². The van der Waals surface area contributed by atoms with E-state index in [2.05, 4.69) is 4.90 Å². The van der Waals surface area contributed by atoms with Gasteiger partial charge in [-0.3, -0.25) is 9.69 Å². The predicted octanol–water partition coefficient (Wildman–Crippen LogP) is 2.36. The fourth-order valence-corrected chi connectivity index (χ4v) is 5.62. The number of carbonyl (C=O) groups is 1. The zero-order chi connectivity index (χ0) is 12.3. The Bertz CT molecular complexity index is 370. The zero-order valence-electron chi connectivity index (χ0n) is 10.9. The van der Waals surface area contributed by atoms with Crippen molar-refractivity contribution in [1.82, 2.24) is 4.90 Å². The molecular formula is C15H23NO2. The van der Waals surface area contributed by atoms with Crippen molar-refractivity contribution in [1.29, 1.82) is 0 Å². The van der Waals surface area contributed by atoms with Crippen LogP contribution in [-0.2, 0) is 4.79 Å². The molecule has 100 valence electrons. The number of fused-ring (bicyclic) bond motifs is 3. The maximum atomic E-state index is 11.7. The highest BCUT2D eigenvalue weighted by Gasteiger charge is 2.53. The molecule has 6 unspecified atom stereocenters. The van der Waals surface area contributed by atoms with E-state index in [1.807, 2.05) is 0 Å². The quantitative estimate of drug-likeness (QED) is 0.816. The molecule has 1 N–H and O–H groups in total. The highest BCUT2D eigenvalue weighted by molar-refractivity contribution is 5.74. The molecule has 3 saturated carbocycles. The number of rotatable bonds is 2. The van der Waals surface area contributed by atoms with Crippen molar-refractivity contribution in [3.63, 3.8) is 0 Å². The molecule has 4 rings (SSSR count). The second-order valence-electron chi connectivity index (χ2n) is 7.08. The lowest BCUT2D eigenvalue weighted by molar-refractivity contribution is -0.144. The lowest BCUT2D eigenvalue weighted by Gasteiger charge is -2.35. The van der Waals surface area contributed by atoms with Gasteiger partial charge in [0.15, 0.2) is 0 Å². The first-order valence-electron chi connectivity index (χ1n) is 7.72. The standard InChI is InChI=1S/C15H23NO2/c17-15(18)14-12-3-1-2-11(12)8-16(14)13-7-9-4-5-10(13)6-9/h9-14H,1-8H2,(H,17,18). The summed E-state index contributed by atoms with van der Waals surface area (Å²) in [6.07, 6.45) is 9.10. The third kappa shape index (κ3) is 1.49. The highest BCUT2D eigenvalue weighted by Crippen LogP contribution is 2.51. The molecule has 18 heavy (non-hydrogen) atoms. The van der Waals surface area contributed by atoms with Gasteiger partial charge in [0, 0.05) is 12.6 Å². The van der Waals surface area contributed by atoms with E-state index in [4.69, 9.17) is 0 Å². The van der Waals surface area contributed by atoms with Gasteiger partial charge >= 0.3 is 5.97 Å². The Hall–Kier alpha value is -0.570. The van der Waals surface area contributed by atoms with E-state index >= 15 is 0 Å². The Morgan fingerprint density at radius 2 is 1.94 bits per heavy atom. The van der Waals surface area contributed by atoms with Gasteiger partial charge in [0.1, 0.15) is 6.04 Å². The van der Waals surface area contributed by atoms with Crippen LogP contribution in [0.3, 0.4) is 0 Å². The van der Waals surface area contributed by atoms with Crippen molar-refractivity contribution >= 4 is 5.97 Å². The molecule has 2 bridgehead atoms. The second-order valence-corrected chi connectivity index (χ2v) is 7.08. The molecule has 0 spiro atoms. The van der Waals surface area contributed by atoms with Crippen LogP contribution in [0.4, 0.5) is 0 Å². The summed E-state index contributed by atoms with van der Waals surface area (Å²) in [4.78, 5) is 14.1. The number of carboxylic acids is 1. The minimum Gasteiger partial charge on any atom is -0.480 e. The minimum atomic E-state index is -0.549. The van der Waals surface area contributed by atoms with Crippen LogP contribution >= 0.6 is 0 Å². The topological polar surface area (TPSA) is 40.5 Å². The first-order chi connectivity index (χ1) is 8.74. The van der Waals surface area contributed by atoms with Gasteiger partial charge < -0.3 is 5.11 Å². The number of likely N-dealkylation sites (tertiary alicyclic amines) is 1. The number of aliphatic carboxylic acids is 1. The van der Waals surface area contributed by atoms with Crippen LogP contribution in [0.2, 0.25) is 0 Å². The maximum absolute atomic E-state index is 11.7.